The minimum atomic E-state index is -0.427. The second kappa shape index (κ2) is 7.03. The number of benzene rings is 1. The van der Waals surface area contributed by atoms with E-state index in [0.29, 0.717) is 5.69 Å². The molecular formula is C15H10BrN3O2S2. The summed E-state index contributed by atoms with van der Waals surface area (Å²) in [4.78, 5) is 13.6. The van der Waals surface area contributed by atoms with Gasteiger partial charge in [-0.3, -0.25) is 15.5 Å². The summed E-state index contributed by atoms with van der Waals surface area (Å²) in [6.07, 6.45) is 1.73. The van der Waals surface area contributed by atoms with Crippen LogP contribution in [0.4, 0.5) is 11.4 Å². The Bertz CT molecular complexity index is 856. The number of rotatable bonds is 5. The smallest absolute Gasteiger partial charge is 0.269 e. The van der Waals surface area contributed by atoms with E-state index in [0.717, 1.165) is 8.66 Å². The normalized spacial score (nSPS) is 11.0. The van der Waals surface area contributed by atoms with Crippen LogP contribution in [0, 0.1) is 10.1 Å². The maximum atomic E-state index is 10.6. The number of hydrogen-bond donors (Lipinski definition) is 1. The van der Waals surface area contributed by atoms with E-state index in [-0.39, 0.29) is 5.69 Å². The van der Waals surface area contributed by atoms with Gasteiger partial charge in [0.05, 0.1) is 20.6 Å². The Labute approximate surface area is 148 Å². The molecule has 0 spiro atoms. The van der Waals surface area contributed by atoms with E-state index in [1.807, 2.05) is 12.1 Å². The van der Waals surface area contributed by atoms with Gasteiger partial charge in [0.1, 0.15) is 0 Å². The van der Waals surface area contributed by atoms with Crippen LogP contribution in [0.25, 0.3) is 9.75 Å². The van der Waals surface area contributed by atoms with E-state index in [4.69, 9.17) is 0 Å². The fourth-order valence-electron chi connectivity index (χ4n) is 1.83. The molecule has 116 valence electrons. The highest BCUT2D eigenvalue weighted by molar-refractivity contribution is 9.11. The van der Waals surface area contributed by atoms with E-state index in [1.54, 1.807) is 41.0 Å². The van der Waals surface area contributed by atoms with E-state index < -0.39 is 4.92 Å². The van der Waals surface area contributed by atoms with E-state index in [1.165, 1.54) is 21.9 Å². The lowest BCUT2D eigenvalue weighted by atomic mass is 10.3. The topological polar surface area (TPSA) is 67.5 Å². The number of hydrazone groups is 1. The zero-order valence-corrected chi connectivity index (χ0v) is 14.8. The van der Waals surface area contributed by atoms with Crippen molar-refractivity contribution in [2.45, 2.75) is 0 Å². The molecule has 0 radical (unpaired) electrons. The molecule has 2 heterocycles. The summed E-state index contributed by atoms with van der Waals surface area (Å²) in [5.74, 6) is 0. The van der Waals surface area contributed by atoms with Crippen molar-refractivity contribution in [3.63, 3.8) is 0 Å². The number of nitrogens with one attached hydrogen (secondary N) is 1. The average molecular weight is 408 g/mol. The lowest BCUT2D eigenvalue weighted by molar-refractivity contribution is -0.384. The number of halogens is 1. The van der Waals surface area contributed by atoms with Crippen molar-refractivity contribution in [3.8, 4) is 9.75 Å². The summed E-state index contributed by atoms with van der Waals surface area (Å²) in [6, 6.07) is 14.3. The van der Waals surface area contributed by atoms with Gasteiger partial charge < -0.3 is 0 Å². The predicted octanol–water partition coefficient (Wildman–Crippen LogP) is 5.59. The first-order valence-electron chi connectivity index (χ1n) is 6.51. The highest BCUT2D eigenvalue weighted by Gasteiger charge is 2.05. The van der Waals surface area contributed by atoms with E-state index >= 15 is 0 Å². The average Bonchev–Trinajstić information content (AvgIpc) is 3.17. The Morgan fingerprint density at radius 3 is 2.39 bits per heavy atom. The monoisotopic (exact) mass is 407 g/mol. The second-order valence-corrected chi connectivity index (χ2v) is 8.06. The molecule has 0 bridgehead atoms. The molecule has 1 aromatic carbocycles. The molecule has 1 N–H and O–H groups in total. The Morgan fingerprint density at radius 2 is 1.74 bits per heavy atom. The Balaban J connectivity index is 1.64. The van der Waals surface area contributed by atoms with Crippen LogP contribution in [0.2, 0.25) is 0 Å². The first-order valence-corrected chi connectivity index (χ1v) is 8.93. The molecule has 8 heteroatoms. The molecule has 5 nitrogen and oxygen atoms in total. The zero-order valence-electron chi connectivity index (χ0n) is 11.6. The Hall–Kier alpha value is -2.03. The summed E-state index contributed by atoms with van der Waals surface area (Å²) in [5.41, 5.74) is 3.62. The third-order valence-corrected chi connectivity index (χ3v) is 5.75. The number of non-ortho nitro benzene ring substituents is 1. The molecule has 23 heavy (non-hydrogen) atoms. The maximum Gasteiger partial charge on any atom is 0.269 e. The van der Waals surface area contributed by atoms with Crippen molar-refractivity contribution < 1.29 is 4.92 Å². The van der Waals surface area contributed by atoms with Crippen molar-refractivity contribution in [2.24, 2.45) is 5.10 Å². The number of nitro benzene ring substituents is 1. The SMILES string of the molecule is O=[N+]([O-])c1ccc(N/N=C/c2ccc(-c3ccc(Br)s3)s2)cc1. The second-order valence-electron chi connectivity index (χ2n) is 4.48. The summed E-state index contributed by atoms with van der Waals surface area (Å²) in [5, 5.41) is 14.7. The number of hydrogen-bond acceptors (Lipinski definition) is 6. The first kappa shape index (κ1) is 15.9. The van der Waals surface area contributed by atoms with Gasteiger partial charge in [0.2, 0.25) is 0 Å². The van der Waals surface area contributed by atoms with Gasteiger partial charge in [-0.25, -0.2) is 0 Å². The predicted molar refractivity (Wildman–Crippen MR) is 99.6 cm³/mol. The van der Waals surface area contributed by atoms with Crippen LogP contribution in [-0.4, -0.2) is 11.1 Å². The van der Waals surface area contributed by atoms with Crippen molar-refractivity contribution in [1.29, 1.82) is 0 Å². The van der Waals surface area contributed by atoms with E-state index in [2.05, 4.69) is 38.6 Å². The summed E-state index contributed by atoms with van der Waals surface area (Å²) in [6.45, 7) is 0. The van der Waals surface area contributed by atoms with Gasteiger partial charge in [-0.2, -0.15) is 5.10 Å². The molecule has 2 aromatic heterocycles. The molecule has 0 atom stereocenters. The quantitative estimate of drug-likeness (QED) is 0.340. The zero-order chi connectivity index (χ0) is 16.2. The summed E-state index contributed by atoms with van der Waals surface area (Å²) < 4.78 is 1.11. The van der Waals surface area contributed by atoms with Crippen LogP contribution in [-0.2, 0) is 0 Å². The first-order chi connectivity index (χ1) is 11.1. The molecule has 3 rings (SSSR count). The number of nitro groups is 1. The van der Waals surface area contributed by atoms with Crippen LogP contribution in [0.3, 0.4) is 0 Å². The van der Waals surface area contributed by atoms with Gasteiger partial charge in [0.15, 0.2) is 0 Å². The minimum Gasteiger partial charge on any atom is -0.278 e. The molecule has 0 fully saturated rings. The largest absolute Gasteiger partial charge is 0.278 e. The van der Waals surface area contributed by atoms with E-state index in [9.17, 15) is 10.1 Å². The molecule has 0 unspecified atom stereocenters. The fourth-order valence-corrected chi connectivity index (χ4v) is 4.19. The fraction of sp³-hybridized carbons (Fsp3) is 0. The molecule has 0 saturated heterocycles. The molecular weight excluding hydrogens is 398 g/mol. The summed E-state index contributed by atoms with van der Waals surface area (Å²) >= 11 is 6.80. The molecule has 0 aliphatic rings. The third-order valence-electron chi connectivity index (χ3n) is 2.91. The molecule has 0 saturated carbocycles. The lowest BCUT2D eigenvalue weighted by Crippen LogP contribution is -1.91. The summed E-state index contributed by atoms with van der Waals surface area (Å²) in [7, 11) is 0. The van der Waals surface area contributed by atoms with Gasteiger partial charge in [0, 0.05) is 26.8 Å². The van der Waals surface area contributed by atoms with Gasteiger partial charge >= 0.3 is 0 Å². The molecule has 3 aromatic rings. The van der Waals surface area contributed by atoms with Crippen molar-refractivity contribution >= 4 is 56.2 Å². The van der Waals surface area contributed by atoms with Crippen molar-refractivity contribution in [2.75, 3.05) is 5.43 Å². The lowest BCUT2D eigenvalue weighted by Gasteiger charge is -1.98. The van der Waals surface area contributed by atoms with Crippen LogP contribution in [0.1, 0.15) is 4.88 Å². The van der Waals surface area contributed by atoms with Gasteiger partial charge in [0.25, 0.3) is 5.69 Å². The Kier molecular flexibility index (Phi) is 4.85. The van der Waals surface area contributed by atoms with Gasteiger partial charge in [-0.05, 0) is 52.3 Å². The van der Waals surface area contributed by atoms with Crippen LogP contribution < -0.4 is 5.43 Å². The highest BCUT2D eigenvalue weighted by Crippen LogP contribution is 2.35. The van der Waals surface area contributed by atoms with Crippen LogP contribution >= 0.6 is 38.6 Å². The van der Waals surface area contributed by atoms with Crippen LogP contribution in [0.15, 0.2) is 57.4 Å². The molecule has 0 aliphatic heterocycles. The standard InChI is InChI=1S/C15H10BrN3O2S2/c16-15-8-7-14(23-15)13-6-5-12(22-13)9-17-18-10-1-3-11(4-2-10)19(20)21/h1-9,18H/b17-9+. The minimum absolute atomic E-state index is 0.0598. The number of thiophene rings is 2. The van der Waals surface area contributed by atoms with Crippen molar-refractivity contribution in [3.05, 3.63) is 67.3 Å². The number of nitrogens with zero attached hydrogens (tertiary/aromatic N) is 2. The molecule has 0 amide bonds. The molecule has 0 aliphatic carbocycles. The Morgan fingerprint density at radius 1 is 1.04 bits per heavy atom. The van der Waals surface area contributed by atoms with Crippen LogP contribution in [0.5, 0.6) is 0 Å². The van der Waals surface area contributed by atoms with Gasteiger partial charge in [-0.1, -0.05) is 0 Å². The third kappa shape index (κ3) is 4.04. The number of anilines is 1. The highest BCUT2D eigenvalue weighted by atomic mass is 79.9. The van der Waals surface area contributed by atoms with Crippen molar-refractivity contribution in [1.82, 2.24) is 0 Å². The van der Waals surface area contributed by atoms with Gasteiger partial charge in [-0.15, -0.1) is 22.7 Å². The maximum absolute atomic E-state index is 10.6.